The molecule has 0 aromatic heterocycles. The largest absolute Gasteiger partial charge is 0.487 e. The molecule has 4 heteroatoms. The van der Waals surface area contributed by atoms with Crippen LogP contribution in [0.4, 0.5) is 0 Å². The zero-order valence-corrected chi connectivity index (χ0v) is 10.8. The highest BCUT2D eigenvalue weighted by atomic mass is 35.5. The van der Waals surface area contributed by atoms with Gasteiger partial charge in [0.2, 0.25) is 0 Å². The van der Waals surface area contributed by atoms with Crippen LogP contribution in [0.25, 0.3) is 0 Å². The highest BCUT2D eigenvalue weighted by Crippen LogP contribution is 2.34. The monoisotopic (exact) mass is 260 g/mol. The summed E-state index contributed by atoms with van der Waals surface area (Å²) in [6, 6.07) is 5.62. The fourth-order valence-electron chi connectivity index (χ4n) is 1.81. The lowest BCUT2D eigenvalue weighted by atomic mass is 9.91. The van der Waals surface area contributed by atoms with Gasteiger partial charge in [0.1, 0.15) is 18.0 Å². The Bertz CT molecular complexity index is 381. The molecule has 16 heavy (non-hydrogen) atoms. The number of benzene rings is 1. The van der Waals surface area contributed by atoms with Crippen molar-refractivity contribution < 1.29 is 9.47 Å². The Hall–Kier alpha value is -0.440. The number of hydrogen-bond donors (Lipinski definition) is 0. The molecule has 1 fully saturated rings. The van der Waals surface area contributed by atoms with Crippen LogP contribution in [0.2, 0.25) is 5.02 Å². The number of halogens is 2. The van der Waals surface area contributed by atoms with Gasteiger partial charge in [-0.25, -0.2) is 0 Å². The number of aryl methyl sites for hydroxylation is 1. The second-order valence-corrected chi connectivity index (χ2v) is 5.02. The van der Waals surface area contributed by atoms with Crippen molar-refractivity contribution in [2.24, 2.45) is 0 Å². The van der Waals surface area contributed by atoms with E-state index in [0.29, 0.717) is 5.02 Å². The van der Waals surface area contributed by atoms with Crippen LogP contribution in [0.1, 0.15) is 12.0 Å². The molecule has 1 aromatic carbocycles. The van der Waals surface area contributed by atoms with Crippen molar-refractivity contribution in [3.63, 3.8) is 0 Å². The van der Waals surface area contributed by atoms with E-state index in [1.807, 2.05) is 25.1 Å². The van der Waals surface area contributed by atoms with E-state index in [9.17, 15) is 0 Å². The Kier molecular flexibility index (Phi) is 3.63. The van der Waals surface area contributed by atoms with Gasteiger partial charge in [-0.1, -0.05) is 17.7 Å². The molecular weight excluding hydrogens is 247 g/mol. The van der Waals surface area contributed by atoms with E-state index in [0.717, 1.165) is 17.7 Å². The first-order valence-electron chi connectivity index (χ1n) is 5.21. The Morgan fingerprint density at radius 3 is 2.75 bits per heavy atom. The second kappa shape index (κ2) is 4.82. The summed E-state index contributed by atoms with van der Waals surface area (Å²) in [5, 5.41) is 0.728. The lowest BCUT2D eigenvalue weighted by molar-refractivity contribution is -0.0585. The maximum atomic E-state index is 6.02. The van der Waals surface area contributed by atoms with Crippen molar-refractivity contribution in [2.75, 3.05) is 7.11 Å². The van der Waals surface area contributed by atoms with Crippen molar-refractivity contribution in [1.82, 2.24) is 0 Å². The van der Waals surface area contributed by atoms with E-state index in [-0.39, 0.29) is 17.6 Å². The molecule has 3 unspecified atom stereocenters. The van der Waals surface area contributed by atoms with Crippen LogP contribution in [-0.4, -0.2) is 24.7 Å². The van der Waals surface area contributed by atoms with Gasteiger partial charge in [-0.3, -0.25) is 0 Å². The van der Waals surface area contributed by atoms with Crippen LogP contribution < -0.4 is 4.74 Å². The van der Waals surface area contributed by atoms with E-state index in [1.54, 1.807) is 7.11 Å². The SMILES string of the molecule is COC1C(Cl)CC1Oc1cc(Cl)ccc1C. The predicted octanol–water partition coefficient (Wildman–Crippen LogP) is 3.42. The summed E-state index contributed by atoms with van der Waals surface area (Å²) in [4.78, 5) is 0. The zero-order valence-electron chi connectivity index (χ0n) is 9.24. The van der Waals surface area contributed by atoms with Gasteiger partial charge in [0.15, 0.2) is 0 Å². The second-order valence-electron chi connectivity index (χ2n) is 4.02. The number of rotatable bonds is 3. The maximum absolute atomic E-state index is 6.02. The third-order valence-corrected chi connectivity index (χ3v) is 3.54. The van der Waals surface area contributed by atoms with E-state index in [1.165, 1.54) is 0 Å². The number of hydrogen-bond acceptors (Lipinski definition) is 2. The first kappa shape index (κ1) is 12.0. The first-order chi connectivity index (χ1) is 7.61. The molecule has 88 valence electrons. The Morgan fingerprint density at radius 2 is 2.12 bits per heavy atom. The lowest BCUT2D eigenvalue weighted by Crippen LogP contribution is -2.52. The van der Waals surface area contributed by atoms with Crippen molar-refractivity contribution in [3.8, 4) is 5.75 Å². The van der Waals surface area contributed by atoms with Gasteiger partial charge in [-0.15, -0.1) is 11.6 Å². The van der Waals surface area contributed by atoms with Crippen LogP contribution in [0.3, 0.4) is 0 Å². The molecule has 0 amide bonds. The third-order valence-electron chi connectivity index (χ3n) is 2.88. The summed E-state index contributed by atoms with van der Waals surface area (Å²) in [5.41, 5.74) is 1.07. The molecule has 2 nitrogen and oxygen atoms in total. The van der Waals surface area contributed by atoms with Crippen molar-refractivity contribution in [3.05, 3.63) is 28.8 Å². The third kappa shape index (κ3) is 2.29. The molecular formula is C12H14Cl2O2. The quantitative estimate of drug-likeness (QED) is 0.776. The molecule has 0 aliphatic heterocycles. The summed E-state index contributed by atoms with van der Waals surface area (Å²) in [5.74, 6) is 0.808. The minimum atomic E-state index is -0.0277. The number of ether oxygens (including phenoxy) is 2. The van der Waals surface area contributed by atoms with E-state index in [2.05, 4.69) is 0 Å². The van der Waals surface area contributed by atoms with E-state index < -0.39 is 0 Å². The molecule has 0 heterocycles. The highest BCUT2D eigenvalue weighted by Gasteiger charge is 2.42. The Morgan fingerprint density at radius 1 is 1.38 bits per heavy atom. The molecule has 0 bridgehead atoms. The zero-order chi connectivity index (χ0) is 11.7. The molecule has 1 aliphatic carbocycles. The molecule has 0 spiro atoms. The van der Waals surface area contributed by atoms with Crippen molar-refractivity contribution in [2.45, 2.75) is 30.9 Å². The molecule has 1 saturated carbocycles. The summed E-state index contributed by atoms with van der Waals surface area (Å²) in [6.45, 7) is 1.99. The van der Waals surface area contributed by atoms with Crippen molar-refractivity contribution in [1.29, 1.82) is 0 Å². The Labute approximate surface area is 105 Å². The van der Waals surface area contributed by atoms with Gasteiger partial charge in [-0.05, 0) is 24.6 Å². The minimum Gasteiger partial charge on any atom is -0.487 e. The van der Waals surface area contributed by atoms with Gasteiger partial charge in [0.05, 0.1) is 5.38 Å². The first-order valence-corrected chi connectivity index (χ1v) is 6.03. The van der Waals surface area contributed by atoms with E-state index >= 15 is 0 Å². The molecule has 2 rings (SSSR count). The standard InChI is InChI=1S/C12H14Cl2O2/c1-7-3-4-8(13)5-10(7)16-11-6-9(14)12(11)15-2/h3-5,9,11-12H,6H2,1-2H3. The molecule has 1 aliphatic rings. The minimum absolute atomic E-state index is 0.0277. The number of alkyl halides is 1. The molecule has 0 saturated heterocycles. The van der Waals surface area contributed by atoms with Gasteiger partial charge in [0.25, 0.3) is 0 Å². The summed E-state index contributed by atoms with van der Waals surface area (Å²) < 4.78 is 11.1. The number of methoxy groups -OCH3 is 1. The summed E-state index contributed by atoms with van der Waals surface area (Å²) in [6.07, 6.45) is 0.816. The van der Waals surface area contributed by atoms with E-state index in [4.69, 9.17) is 32.7 Å². The normalized spacial score (nSPS) is 28.6. The van der Waals surface area contributed by atoms with Gasteiger partial charge in [-0.2, -0.15) is 0 Å². The van der Waals surface area contributed by atoms with Crippen LogP contribution in [0, 0.1) is 6.92 Å². The smallest absolute Gasteiger partial charge is 0.128 e. The van der Waals surface area contributed by atoms with Crippen molar-refractivity contribution >= 4 is 23.2 Å². The van der Waals surface area contributed by atoms with Crippen LogP contribution in [0.15, 0.2) is 18.2 Å². The fourth-order valence-corrected chi connectivity index (χ4v) is 2.41. The fraction of sp³-hybridized carbons (Fsp3) is 0.500. The predicted molar refractivity (Wildman–Crippen MR) is 65.7 cm³/mol. The average molecular weight is 261 g/mol. The van der Waals surface area contributed by atoms with Gasteiger partial charge in [0, 0.05) is 18.6 Å². The average Bonchev–Trinajstić information content (AvgIpc) is 2.23. The summed E-state index contributed by atoms with van der Waals surface area (Å²) in [7, 11) is 1.65. The highest BCUT2D eigenvalue weighted by molar-refractivity contribution is 6.30. The van der Waals surface area contributed by atoms with Crippen LogP contribution >= 0.6 is 23.2 Å². The van der Waals surface area contributed by atoms with Gasteiger partial charge < -0.3 is 9.47 Å². The lowest BCUT2D eigenvalue weighted by Gasteiger charge is -2.40. The molecule has 1 aromatic rings. The topological polar surface area (TPSA) is 18.5 Å². The van der Waals surface area contributed by atoms with Crippen LogP contribution in [0.5, 0.6) is 5.75 Å². The molecule has 0 radical (unpaired) electrons. The summed E-state index contributed by atoms with van der Waals surface area (Å²) >= 11 is 11.9. The van der Waals surface area contributed by atoms with Crippen LogP contribution in [-0.2, 0) is 4.74 Å². The molecule has 3 atom stereocenters. The Balaban J connectivity index is 2.07. The molecule has 0 N–H and O–H groups in total. The van der Waals surface area contributed by atoms with Gasteiger partial charge >= 0.3 is 0 Å². The maximum Gasteiger partial charge on any atom is 0.128 e.